The lowest BCUT2D eigenvalue weighted by Gasteiger charge is -2.47. The average Bonchev–Trinajstić information content (AvgIpc) is 3.29. The molecule has 0 radical (unpaired) electrons. The molecule has 10 nitrogen and oxygen atoms in total. The molecule has 0 unspecified atom stereocenters. The lowest BCUT2D eigenvalue weighted by atomic mass is 9.59. The predicted molar refractivity (Wildman–Crippen MR) is 222 cm³/mol. The van der Waals surface area contributed by atoms with Crippen molar-refractivity contribution in [3.8, 4) is 17.2 Å². The molecule has 7 rings (SSSR count). The van der Waals surface area contributed by atoms with E-state index < -0.39 is 11.1 Å². The second kappa shape index (κ2) is 16.6. The number of hydrogen-bond donors (Lipinski definition) is 1. The minimum atomic E-state index is -0.896. The lowest BCUT2D eigenvalue weighted by Crippen LogP contribution is -2.53. The second-order valence-corrected chi connectivity index (χ2v) is 18.5. The number of likely N-dealkylation sites (N-methyl/N-ethyl adjacent to an activating group) is 1. The van der Waals surface area contributed by atoms with E-state index in [-0.39, 0.29) is 29.5 Å². The predicted octanol–water partition coefficient (Wildman–Crippen LogP) is 9.68. The topological polar surface area (TPSA) is 108 Å². The largest absolute Gasteiger partial charge is 0.493 e. The molecule has 11 heteroatoms. The van der Waals surface area contributed by atoms with Crippen LogP contribution in [0.25, 0.3) is 0 Å². The molecule has 1 amide bonds. The van der Waals surface area contributed by atoms with Gasteiger partial charge in [0.25, 0.3) is 0 Å². The van der Waals surface area contributed by atoms with E-state index in [1.807, 2.05) is 57.3 Å². The van der Waals surface area contributed by atoms with Crippen LogP contribution in [0.15, 0.2) is 48.7 Å². The van der Waals surface area contributed by atoms with Crippen LogP contribution in [0.3, 0.4) is 0 Å². The summed E-state index contributed by atoms with van der Waals surface area (Å²) in [6.45, 7) is 11.6. The van der Waals surface area contributed by atoms with Crippen molar-refractivity contribution in [2.75, 3.05) is 39.2 Å². The maximum absolute atomic E-state index is 13.7. The number of nitrogens with zero attached hydrogens (tertiary/aromatic N) is 2. The minimum absolute atomic E-state index is 0.213. The first-order chi connectivity index (χ1) is 27.2. The molecule has 0 bridgehead atoms. The van der Waals surface area contributed by atoms with Crippen LogP contribution in [0.4, 0.5) is 10.5 Å². The molecule has 0 saturated heterocycles. The summed E-state index contributed by atoms with van der Waals surface area (Å²) in [5.74, 6) is 3.17. The van der Waals surface area contributed by atoms with Gasteiger partial charge in [0.1, 0.15) is 23.0 Å². The molecule has 1 saturated carbocycles. The number of aromatic nitrogens is 1. The number of halogens is 1. The highest BCUT2D eigenvalue weighted by Gasteiger charge is 2.55. The molecule has 1 aliphatic heterocycles. The van der Waals surface area contributed by atoms with Crippen molar-refractivity contribution in [3.05, 3.63) is 76.1 Å². The monoisotopic (exact) mass is 801 g/mol. The quantitative estimate of drug-likeness (QED) is 0.201. The van der Waals surface area contributed by atoms with Crippen molar-refractivity contribution in [2.24, 2.45) is 11.8 Å². The number of carbonyl (C=O) groups is 2. The average molecular weight is 802 g/mol. The van der Waals surface area contributed by atoms with Gasteiger partial charge in [-0.25, -0.2) is 9.59 Å². The highest BCUT2D eigenvalue weighted by molar-refractivity contribution is 6.30. The third-order valence-corrected chi connectivity index (χ3v) is 12.9. The smallest absolute Gasteiger partial charge is 0.410 e. The highest BCUT2D eigenvalue weighted by Crippen LogP contribution is 2.58. The molecule has 4 atom stereocenters. The molecular formula is C46H60ClN3O7. The molecular weight excluding hydrogens is 742 g/mol. The van der Waals surface area contributed by atoms with Crippen molar-refractivity contribution < 1.29 is 33.3 Å². The van der Waals surface area contributed by atoms with Crippen LogP contribution in [-0.2, 0) is 32.5 Å². The van der Waals surface area contributed by atoms with Crippen molar-refractivity contribution in [1.82, 2.24) is 9.88 Å². The van der Waals surface area contributed by atoms with E-state index in [0.717, 1.165) is 55.7 Å². The number of hydrogen-bond acceptors (Lipinski definition) is 9. The lowest BCUT2D eigenvalue weighted by molar-refractivity contribution is -0.148. The third kappa shape index (κ3) is 8.81. The molecule has 1 fully saturated rings. The van der Waals surface area contributed by atoms with Crippen LogP contribution < -0.4 is 19.5 Å². The number of methoxy groups -OCH3 is 1. The number of aryl methyl sites for hydroxylation is 1. The fourth-order valence-corrected chi connectivity index (χ4v) is 10.1. The maximum Gasteiger partial charge on any atom is 0.410 e. The van der Waals surface area contributed by atoms with E-state index in [4.69, 9.17) is 40.3 Å². The molecule has 308 valence electrons. The number of nitrogens with one attached hydrogen (secondary N) is 1. The fraction of sp³-hybridized carbons (Fsp3) is 0.587. The molecule has 1 N–H and O–H groups in total. The molecule has 1 spiro atoms. The Morgan fingerprint density at radius 3 is 2.61 bits per heavy atom. The number of fused-ring (bicyclic) bond motifs is 4. The summed E-state index contributed by atoms with van der Waals surface area (Å²) in [4.78, 5) is 32.8. The van der Waals surface area contributed by atoms with Gasteiger partial charge < -0.3 is 33.9 Å². The fourth-order valence-electron chi connectivity index (χ4n) is 9.89. The molecule has 4 aliphatic rings. The van der Waals surface area contributed by atoms with E-state index in [1.165, 1.54) is 35.9 Å². The Bertz CT molecular complexity index is 1940. The van der Waals surface area contributed by atoms with Crippen molar-refractivity contribution in [3.63, 3.8) is 0 Å². The van der Waals surface area contributed by atoms with Gasteiger partial charge in [-0.15, -0.1) is 0 Å². The van der Waals surface area contributed by atoms with Crippen LogP contribution in [0.1, 0.15) is 114 Å². The van der Waals surface area contributed by atoms with Crippen LogP contribution in [-0.4, -0.2) is 73.1 Å². The first kappa shape index (κ1) is 41.0. The third-order valence-electron chi connectivity index (χ3n) is 12.7. The molecule has 2 heterocycles. The van der Waals surface area contributed by atoms with Crippen molar-refractivity contribution in [1.29, 1.82) is 0 Å². The Hall–Kier alpha value is -4.18. The second-order valence-electron chi connectivity index (χ2n) is 18.1. The SMILES string of the molecule is COC(=O)C1(Nc2cccc(Cl)c2)CCC2(CC1)c1cc3c(cc1C[C@@H]2C[C@@H](C)COc1ccnc2c1[C@H](C)CCC2)OCC[C@H](CN(C)C(=O)OC(C)(C)C)O3. The van der Waals surface area contributed by atoms with Crippen molar-refractivity contribution >= 4 is 29.4 Å². The van der Waals surface area contributed by atoms with E-state index in [1.54, 1.807) is 11.9 Å². The van der Waals surface area contributed by atoms with Gasteiger partial charge in [0.2, 0.25) is 0 Å². The highest BCUT2D eigenvalue weighted by atomic mass is 35.5. The zero-order valence-corrected chi connectivity index (χ0v) is 35.5. The molecule has 57 heavy (non-hydrogen) atoms. The number of esters is 1. The summed E-state index contributed by atoms with van der Waals surface area (Å²) < 4.78 is 30.8. The zero-order chi connectivity index (χ0) is 40.5. The van der Waals surface area contributed by atoms with Crippen LogP contribution in [0, 0.1) is 11.8 Å². The molecule has 1 aromatic heterocycles. The van der Waals surface area contributed by atoms with Gasteiger partial charge in [0.15, 0.2) is 11.5 Å². The summed E-state index contributed by atoms with van der Waals surface area (Å²) in [6, 6.07) is 13.9. The van der Waals surface area contributed by atoms with Gasteiger partial charge >= 0.3 is 12.1 Å². The van der Waals surface area contributed by atoms with Gasteiger partial charge in [-0.2, -0.15) is 0 Å². The number of anilines is 1. The summed E-state index contributed by atoms with van der Waals surface area (Å²) in [7, 11) is 3.21. The van der Waals surface area contributed by atoms with Gasteiger partial charge in [-0.1, -0.05) is 31.5 Å². The first-order valence-corrected chi connectivity index (χ1v) is 21.2. The van der Waals surface area contributed by atoms with Gasteiger partial charge in [0, 0.05) is 41.6 Å². The van der Waals surface area contributed by atoms with Gasteiger partial charge in [-0.3, -0.25) is 4.98 Å². The van der Waals surface area contributed by atoms with E-state index in [2.05, 4.69) is 31.3 Å². The molecule has 3 aliphatic carbocycles. The number of ether oxygens (including phenoxy) is 5. The Balaban J connectivity index is 1.16. The summed E-state index contributed by atoms with van der Waals surface area (Å²) in [6.07, 6.45) is 9.79. The number of rotatable bonds is 10. The Morgan fingerprint density at radius 2 is 1.88 bits per heavy atom. The number of benzene rings is 2. The normalized spacial score (nSPS) is 25.7. The van der Waals surface area contributed by atoms with Gasteiger partial charge in [0.05, 0.1) is 26.9 Å². The zero-order valence-electron chi connectivity index (χ0n) is 34.8. The van der Waals surface area contributed by atoms with Gasteiger partial charge in [-0.05, 0) is 149 Å². The molecule has 3 aromatic rings. The Kier molecular flexibility index (Phi) is 11.9. The minimum Gasteiger partial charge on any atom is -0.493 e. The Morgan fingerprint density at radius 1 is 1.09 bits per heavy atom. The van der Waals surface area contributed by atoms with Crippen LogP contribution >= 0.6 is 11.6 Å². The van der Waals surface area contributed by atoms with Crippen LogP contribution in [0.2, 0.25) is 5.02 Å². The number of carbonyl (C=O) groups excluding carboxylic acids is 2. The molecule has 2 aromatic carbocycles. The van der Waals surface area contributed by atoms with E-state index in [0.29, 0.717) is 61.6 Å². The summed E-state index contributed by atoms with van der Waals surface area (Å²) in [5.41, 5.74) is 4.08. The van der Waals surface area contributed by atoms with E-state index in [9.17, 15) is 9.59 Å². The standard InChI is InChI=1S/C46H60ClN3O7/c1-29(28-55-38-14-20-48-37-13-8-10-30(2)41(37)38)22-32-23-31-24-39-40(56-35(15-21-54-39)27-50(6)43(52)57-44(3,4)5)26-36(31)45(32)16-18-46(19-17-45,42(51)53-7)49-34-12-9-11-33(47)25-34/h9,11-12,14,20,24-26,29-30,32,35,49H,8,10,13,15-19,21-23,27-28H2,1-7H3/t29-,30-,32+,35-,45?,46?/m1/s1. The number of amides is 1. The van der Waals surface area contributed by atoms with Crippen LogP contribution in [0.5, 0.6) is 17.2 Å². The first-order valence-electron chi connectivity index (χ1n) is 20.8. The Labute approximate surface area is 343 Å². The van der Waals surface area contributed by atoms with E-state index >= 15 is 0 Å². The maximum atomic E-state index is 13.7. The summed E-state index contributed by atoms with van der Waals surface area (Å²) >= 11 is 6.38. The summed E-state index contributed by atoms with van der Waals surface area (Å²) in [5, 5.41) is 4.18. The number of pyridine rings is 1. The van der Waals surface area contributed by atoms with Crippen molar-refractivity contribution in [2.45, 2.75) is 127 Å².